The number of nitrogens with zero attached hydrogens (tertiary/aromatic N) is 5. The predicted molar refractivity (Wildman–Crippen MR) is 113 cm³/mol. The van der Waals surface area contributed by atoms with Crippen LogP contribution in [0.1, 0.15) is 19.8 Å². The summed E-state index contributed by atoms with van der Waals surface area (Å²) in [6, 6.07) is 14.1. The highest BCUT2D eigenvalue weighted by Gasteiger charge is 2.15. The second-order valence-electron chi connectivity index (χ2n) is 6.55. The van der Waals surface area contributed by atoms with Gasteiger partial charge in [-0.25, -0.2) is 9.50 Å². The maximum atomic E-state index is 5.27. The van der Waals surface area contributed by atoms with Crippen LogP contribution in [0.5, 0.6) is 5.75 Å². The van der Waals surface area contributed by atoms with Gasteiger partial charge in [0.25, 0.3) is 0 Å². The van der Waals surface area contributed by atoms with Crippen LogP contribution in [-0.2, 0) is 7.05 Å². The topological polar surface area (TPSA) is 57.2 Å². The van der Waals surface area contributed by atoms with Gasteiger partial charge in [0, 0.05) is 24.9 Å². The molecule has 28 heavy (non-hydrogen) atoms. The summed E-state index contributed by atoms with van der Waals surface area (Å²) in [7, 11) is 3.61. The van der Waals surface area contributed by atoms with Crippen molar-refractivity contribution in [3.63, 3.8) is 0 Å². The first-order chi connectivity index (χ1) is 13.7. The number of aryl methyl sites for hydroxylation is 1. The van der Waals surface area contributed by atoms with Gasteiger partial charge in [0.05, 0.1) is 24.2 Å². The zero-order valence-electron chi connectivity index (χ0n) is 16.3. The van der Waals surface area contributed by atoms with E-state index in [0.29, 0.717) is 0 Å². The maximum absolute atomic E-state index is 5.27. The fourth-order valence-electron chi connectivity index (χ4n) is 3.06. The smallest absolute Gasteiger partial charge is 0.157 e. The van der Waals surface area contributed by atoms with E-state index in [1.165, 1.54) is 12.8 Å². The molecule has 0 N–H and O–H groups in total. The van der Waals surface area contributed by atoms with Crippen LogP contribution in [0.3, 0.4) is 0 Å². The van der Waals surface area contributed by atoms with Crippen LogP contribution in [0, 0.1) is 0 Å². The van der Waals surface area contributed by atoms with E-state index < -0.39 is 0 Å². The largest absolute Gasteiger partial charge is 0.497 e. The Labute approximate surface area is 168 Å². The Hall–Kier alpha value is -2.80. The molecule has 144 valence electrons. The second kappa shape index (κ2) is 8.06. The Bertz CT molecular complexity index is 1080. The van der Waals surface area contributed by atoms with Crippen LogP contribution in [-0.4, -0.2) is 37.2 Å². The number of aromatic nitrogens is 5. The molecule has 0 spiro atoms. The average molecular weight is 394 g/mol. The van der Waals surface area contributed by atoms with E-state index in [1.54, 1.807) is 25.1 Å². The van der Waals surface area contributed by atoms with E-state index in [4.69, 9.17) is 14.8 Å². The Morgan fingerprint density at radius 2 is 1.89 bits per heavy atom. The Morgan fingerprint density at radius 1 is 1.07 bits per heavy atom. The molecule has 0 unspecified atom stereocenters. The quantitative estimate of drug-likeness (QED) is 0.336. The number of methoxy groups -OCH3 is 1. The lowest BCUT2D eigenvalue weighted by Gasteiger charge is -2.09. The standard InChI is InChI=1S/C21H23N5OS/c1-4-5-12-28-21-14-20-23-17(15-6-8-16(27-3)9-7-15)13-19(26(20)24-21)18-10-11-22-25(18)2/h6-11,13-14H,4-5,12H2,1-3H3. The summed E-state index contributed by atoms with van der Waals surface area (Å²) in [6.07, 6.45) is 4.16. The normalized spacial score (nSPS) is 11.2. The third-order valence-electron chi connectivity index (χ3n) is 4.62. The van der Waals surface area contributed by atoms with Gasteiger partial charge in [-0.3, -0.25) is 4.68 Å². The molecule has 0 bridgehead atoms. The SMILES string of the molecule is CCCCSc1cc2nc(-c3ccc(OC)cc3)cc(-c3ccnn3C)n2n1. The summed E-state index contributed by atoms with van der Waals surface area (Å²) < 4.78 is 9.05. The van der Waals surface area contributed by atoms with Crippen molar-refractivity contribution >= 4 is 17.4 Å². The van der Waals surface area contributed by atoms with E-state index in [0.717, 1.165) is 44.8 Å². The van der Waals surface area contributed by atoms with Crippen molar-refractivity contribution in [2.45, 2.75) is 24.8 Å². The average Bonchev–Trinajstić information content (AvgIpc) is 3.33. The van der Waals surface area contributed by atoms with E-state index in [9.17, 15) is 0 Å². The summed E-state index contributed by atoms with van der Waals surface area (Å²) in [6.45, 7) is 2.20. The monoisotopic (exact) mass is 393 g/mol. The molecule has 0 fully saturated rings. The van der Waals surface area contributed by atoms with E-state index in [2.05, 4.69) is 24.2 Å². The third kappa shape index (κ3) is 3.62. The lowest BCUT2D eigenvalue weighted by atomic mass is 10.1. The fraction of sp³-hybridized carbons (Fsp3) is 0.286. The highest BCUT2D eigenvalue weighted by Crippen LogP contribution is 2.29. The molecule has 0 aliphatic heterocycles. The molecule has 0 amide bonds. The number of fused-ring (bicyclic) bond motifs is 1. The second-order valence-corrected chi connectivity index (χ2v) is 7.66. The van der Waals surface area contributed by atoms with Gasteiger partial charge in [-0.1, -0.05) is 13.3 Å². The molecule has 0 aliphatic carbocycles. The molecule has 7 heteroatoms. The van der Waals surface area contributed by atoms with Crippen LogP contribution >= 0.6 is 11.8 Å². The van der Waals surface area contributed by atoms with Gasteiger partial charge in [0.1, 0.15) is 10.8 Å². The number of rotatable bonds is 7. The Morgan fingerprint density at radius 3 is 2.57 bits per heavy atom. The maximum Gasteiger partial charge on any atom is 0.157 e. The minimum Gasteiger partial charge on any atom is -0.497 e. The molecule has 0 atom stereocenters. The van der Waals surface area contributed by atoms with Crippen molar-refractivity contribution in [3.05, 3.63) is 48.7 Å². The first kappa shape index (κ1) is 18.6. The zero-order chi connectivity index (χ0) is 19.5. The fourth-order valence-corrected chi connectivity index (χ4v) is 4.03. The number of hydrogen-bond acceptors (Lipinski definition) is 5. The van der Waals surface area contributed by atoms with Crippen LogP contribution in [0.25, 0.3) is 28.3 Å². The predicted octanol–water partition coefficient (Wildman–Crippen LogP) is 4.70. The molecule has 0 radical (unpaired) electrons. The Balaban J connectivity index is 1.83. The number of unbranched alkanes of at least 4 members (excludes halogenated alkanes) is 1. The van der Waals surface area contributed by atoms with Gasteiger partial charge in [-0.2, -0.15) is 10.2 Å². The van der Waals surface area contributed by atoms with Gasteiger partial charge in [0.2, 0.25) is 0 Å². The lowest BCUT2D eigenvalue weighted by molar-refractivity contribution is 0.415. The van der Waals surface area contributed by atoms with Crippen molar-refractivity contribution < 1.29 is 4.74 Å². The highest BCUT2D eigenvalue weighted by molar-refractivity contribution is 7.99. The molecule has 0 saturated heterocycles. The molecule has 4 rings (SSSR count). The minimum absolute atomic E-state index is 0.829. The number of thioether (sulfide) groups is 1. The summed E-state index contributed by atoms with van der Waals surface area (Å²) in [4.78, 5) is 4.87. The van der Waals surface area contributed by atoms with Crippen molar-refractivity contribution in [1.29, 1.82) is 0 Å². The molecule has 1 aromatic carbocycles. The zero-order valence-corrected chi connectivity index (χ0v) is 17.1. The first-order valence-corrected chi connectivity index (χ1v) is 10.3. The van der Waals surface area contributed by atoms with Gasteiger partial charge >= 0.3 is 0 Å². The van der Waals surface area contributed by atoms with E-state index in [1.807, 2.05) is 46.6 Å². The van der Waals surface area contributed by atoms with Gasteiger partial charge in [-0.15, -0.1) is 11.8 Å². The van der Waals surface area contributed by atoms with E-state index in [-0.39, 0.29) is 0 Å². The number of benzene rings is 1. The molecular weight excluding hydrogens is 370 g/mol. The minimum atomic E-state index is 0.829. The molecule has 3 heterocycles. The Kier molecular flexibility index (Phi) is 5.34. The van der Waals surface area contributed by atoms with Crippen molar-refractivity contribution in [1.82, 2.24) is 24.4 Å². The molecule has 4 aromatic rings. The summed E-state index contributed by atoms with van der Waals surface area (Å²) >= 11 is 1.78. The van der Waals surface area contributed by atoms with Gasteiger partial charge in [0.15, 0.2) is 5.65 Å². The lowest BCUT2D eigenvalue weighted by Crippen LogP contribution is -2.02. The van der Waals surface area contributed by atoms with Crippen LogP contribution < -0.4 is 4.74 Å². The van der Waals surface area contributed by atoms with Crippen molar-refractivity contribution in [2.24, 2.45) is 7.05 Å². The van der Waals surface area contributed by atoms with Gasteiger partial charge in [-0.05, 0) is 48.6 Å². The van der Waals surface area contributed by atoms with E-state index >= 15 is 0 Å². The number of hydrogen-bond donors (Lipinski definition) is 0. The molecule has 0 saturated carbocycles. The van der Waals surface area contributed by atoms with Crippen LogP contribution in [0.2, 0.25) is 0 Å². The summed E-state index contributed by atoms with van der Waals surface area (Å²) in [5, 5.41) is 10.1. The van der Waals surface area contributed by atoms with Gasteiger partial charge < -0.3 is 4.74 Å². The first-order valence-electron chi connectivity index (χ1n) is 9.36. The van der Waals surface area contributed by atoms with Crippen molar-refractivity contribution in [3.8, 4) is 28.4 Å². The molecular formula is C21H23N5OS. The number of ether oxygens (including phenoxy) is 1. The molecule has 6 nitrogen and oxygen atoms in total. The summed E-state index contributed by atoms with van der Waals surface area (Å²) in [5.41, 5.74) is 4.74. The van der Waals surface area contributed by atoms with Crippen LogP contribution in [0.4, 0.5) is 0 Å². The molecule has 3 aromatic heterocycles. The van der Waals surface area contributed by atoms with Crippen molar-refractivity contribution in [2.75, 3.05) is 12.9 Å². The van der Waals surface area contributed by atoms with Crippen LogP contribution in [0.15, 0.2) is 53.7 Å². The third-order valence-corrected chi connectivity index (χ3v) is 5.61. The highest BCUT2D eigenvalue weighted by atomic mass is 32.2. The molecule has 0 aliphatic rings. The summed E-state index contributed by atoms with van der Waals surface area (Å²) in [5.74, 6) is 1.89.